The highest BCUT2D eigenvalue weighted by Gasteiger charge is 2.27. The Morgan fingerprint density at radius 3 is 2.14 bits per heavy atom. The van der Waals surface area contributed by atoms with E-state index in [1.807, 2.05) is 23.1 Å². The van der Waals surface area contributed by atoms with Crippen molar-refractivity contribution in [2.45, 2.75) is 12.8 Å². The molecule has 0 bridgehead atoms. The van der Waals surface area contributed by atoms with Gasteiger partial charge in [-0.15, -0.1) is 0 Å². The third-order valence-electron chi connectivity index (χ3n) is 3.76. The Hall–Kier alpha value is -2.24. The number of alkyl halides is 2. The Bertz CT molecular complexity index is 620. The van der Waals surface area contributed by atoms with E-state index < -0.39 is 5.92 Å². The van der Waals surface area contributed by atoms with Crippen molar-refractivity contribution in [2.24, 2.45) is 0 Å². The van der Waals surface area contributed by atoms with Gasteiger partial charge in [0.2, 0.25) is 0 Å². The van der Waals surface area contributed by atoms with Gasteiger partial charge in [-0.3, -0.25) is 0 Å². The molecule has 1 saturated heterocycles. The van der Waals surface area contributed by atoms with Crippen LogP contribution in [0.2, 0.25) is 0 Å². The average molecular weight is 304 g/mol. The van der Waals surface area contributed by atoms with E-state index in [0.29, 0.717) is 5.82 Å². The first-order valence-electron chi connectivity index (χ1n) is 7.30. The minimum absolute atomic E-state index is 0.183. The summed E-state index contributed by atoms with van der Waals surface area (Å²) in [6.07, 6.45) is 1.77. The third-order valence-corrected chi connectivity index (χ3v) is 3.76. The maximum Gasteiger partial charge on any atom is 0.287 e. The molecule has 1 aliphatic heterocycles. The van der Waals surface area contributed by atoms with Crippen molar-refractivity contribution < 1.29 is 8.78 Å². The van der Waals surface area contributed by atoms with Crippen molar-refractivity contribution in [3.63, 3.8) is 0 Å². The summed E-state index contributed by atoms with van der Waals surface area (Å²) in [5.41, 5.74) is -0.183. The fourth-order valence-electron chi connectivity index (χ4n) is 2.55. The third kappa shape index (κ3) is 3.16. The molecule has 22 heavy (non-hydrogen) atoms. The van der Waals surface area contributed by atoms with Crippen LogP contribution < -0.4 is 9.80 Å². The van der Waals surface area contributed by atoms with Gasteiger partial charge in [-0.2, -0.15) is 8.78 Å². The van der Waals surface area contributed by atoms with Crippen molar-refractivity contribution >= 4 is 11.6 Å². The van der Waals surface area contributed by atoms with Crippen LogP contribution in [0.4, 0.5) is 20.4 Å². The van der Waals surface area contributed by atoms with Gasteiger partial charge in [-0.1, -0.05) is 12.1 Å². The van der Waals surface area contributed by atoms with Crippen LogP contribution in [-0.2, 0) is 5.92 Å². The fraction of sp³-hybridized carbons (Fsp3) is 0.375. The summed E-state index contributed by atoms with van der Waals surface area (Å²) >= 11 is 0. The first-order chi connectivity index (χ1) is 10.5. The van der Waals surface area contributed by atoms with Gasteiger partial charge < -0.3 is 9.80 Å². The molecule has 3 rings (SSSR count). The van der Waals surface area contributed by atoms with Crippen molar-refractivity contribution in [1.82, 2.24) is 9.97 Å². The number of hydrogen-bond acceptors (Lipinski definition) is 4. The van der Waals surface area contributed by atoms with Crippen LogP contribution in [0.15, 0.2) is 42.6 Å². The molecule has 0 unspecified atom stereocenters. The summed E-state index contributed by atoms with van der Waals surface area (Å²) in [7, 11) is 0. The smallest absolute Gasteiger partial charge is 0.287 e. The first kappa shape index (κ1) is 14.7. The van der Waals surface area contributed by atoms with Crippen LogP contribution in [0.25, 0.3) is 0 Å². The van der Waals surface area contributed by atoms with E-state index in [9.17, 15) is 8.78 Å². The second-order valence-electron chi connectivity index (χ2n) is 5.43. The van der Waals surface area contributed by atoms with Gasteiger partial charge in [0, 0.05) is 39.3 Å². The number of halogens is 2. The standard InChI is InChI=1S/C16H18F2N4/c1-16(17,18)13-5-4-7-15(20-13)22-11-9-21(10-12-22)14-6-2-3-8-19-14/h2-8H,9-12H2,1H3. The maximum atomic E-state index is 13.4. The molecule has 0 amide bonds. The lowest BCUT2D eigenvalue weighted by Crippen LogP contribution is -2.47. The topological polar surface area (TPSA) is 32.3 Å². The molecule has 4 nitrogen and oxygen atoms in total. The highest BCUT2D eigenvalue weighted by Crippen LogP contribution is 2.27. The van der Waals surface area contributed by atoms with Gasteiger partial charge in [0.05, 0.1) is 0 Å². The zero-order valence-electron chi connectivity index (χ0n) is 12.4. The Labute approximate surface area is 128 Å². The second-order valence-corrected chi connectivity index (χ2v) is 5.43. The zero-order valence-corrected chi connectivity index (χ0v) is 12.4. The summed E-state index contributed by atoms with van der Waals surface area (Å²) in [4.78, 5) is 12.7. The van der Waals surface area contributed by atoms with E-state index >= 15 is 0 Å². The summed E-state index contributed by atoms with van der Waals surface area (Å²) < 4.78 is 26.8. The number of aromatic nitrogens is 2. The molecular formula is C16H18F2N4. The van der Waals surface area contributed by atoms with Gasteiger partial charge in [0.25, 0.3) is 5.92 Å². The number of hydrogen-bond donors (Lipinski definition) is 0. The quantitative estimate of drug-likeness (QED) is 0.873. The lowest BCUT2D eigenvalue weighted by molar-refractivity contribution is 0.0128. The molecule has 0 radical (unpaired) electrons. The van der Waals surface area contributed by atoms with Crippen molar-refractivity contribution in [3.8, 4) is 0 Å². The normalized spacial score (nSPS) is 16.0. The van der Waals surface area contributed by atoms with Gasteiger partial charge in [-0.25, -0.2) is 9.97 Å². The molecule has 0 aliphatic carbocycles. The summed E-state index contributed by atoms with van der Waals surface area (Å²) in [5.74, 6) is -1.35. The highest BCUT2D eigenvalue weighted by atomic mass is 19.3. The molecule has 0 aromatic carbocycles. The Morgan fingerprint density at radius 1 is 0.909 bits per heavy atom. The number of pyridine rings is 2. The SMILES string of the molecule is CC(F)(F)c1cccc(N2CCN(c3ccccn3)CC2)n1. The molecule has 2 aromatic rings. The minimum atomic E-state index is -2.91. The largest absolute Gasteiger partial charge is 0.353 e. The van der Waals surface area contributed by atoms with Crippen LogP contribution in [0, 0.1) is 0 Å². The van der Waals surface area contributed by atoms with E-state index in [0.717, 1.165) is 38.9 Å². The molecule has 3 heterocycles. The number of nitrogens with zero attached hydrogens (tertiary/aromatic N) is 4. The predicted octanol–water partition coefficient (Wildman–Crippen LogP) is 2.91. The van der Waals surface area contributed by atoms with Crippen LogP contribution in [-0.4, -0.2) is 36.1 Å². The monoisotopic (exact) mass is 304 g/mol. The van der Waals surface area contributed by atoms with Gasteiger partial charge >= 0.3 is 0 Å². The summed E-state index contributed by atoms with van der Waals surface area (Å²) in [5, 5.41) is 0. The number of anilines is 2. The molecule has 1 fully saturated rings. The van der Waals surface area contributed by atoms with Crippen LogP contribution in [0.1, 0.15) is 12.6 Å². The van der Waals surface area contributed by atoms with Crippen LogP contribution >= 0.6 is 0 Å². The maximum absolute atomic E-state index is 13.4. The molecule has 0 atom stereocenters. The zero-order chi connectivity index (χ0) is 15.6. The van der Waals surface area contributed by atoms with Crippen molar-refractivity contribution in [3.05, 3.63) is 48.3 Å². The van der Waals surface area contributed by atoms with Crippen LogP contribution in [0.5, 0.6) is 0 Å². The van der Waals surface area contributed by atoms with E-state index in [-0.39, 0.29) is 5.69 Å². The summed E-state index contributed by atoms with van der Waals surface area (Å²) in [6.45, 7) is 3.94. The molecule has 0 N–H and O–H groups in total. The molecule has 116 valence electrons. The summed E-state index contributed by atoms with van der Waals surface area (Å²) in [6, 6.07) is 10.6. The molecule has 2 aromatic heterocycles. The molecule has 1 aliphatic rings. The van der Waals surface area contributed by atoms with Gasteiger partial charge in [-0.05, 0) is 24.3 Å². The minimum Gasteiger partial charge on any atom is -0.353 e. The van der Waals surface area contributed by atoms with Crippen molar-refractivity contribution in [2.75, 3.05) is 36.0 Å². The molecule has 6 heteroatoms. The predicted molar refractivity (Wildman–Crippen MR) is 82.5 cm³/mol. The van der Waals surface area contributed by atoms with E-state index in [1.165, 1.54) is 6.07 Å². The Kier molecular flexibility index (Phi) is 3.92. The van der Waals surface area contributed by atoms with E-state index in [1.54, 1.807) is 18.3 Å². The molecule has 0 spiro atoms. The van der Waals surface area contributed by atoms with Gasteiger partial charge in [0.15, 0.2) is 0 Å². The van der Waals surface area contributed by atoms with E-state index in [2.05, 4.69) is 14.9 Å². The number of piperazine rings is 1. The molecule has 0 saturated carbocycles. The Balaban J connectivity index is 1.69. The van der Waals surface area contributed by atoms with E-state index in [4.69, 9.17) is 0 Å². The lowest BCUT2D eigenvalue weighted by atomic mass is 10.2. The van der Waals surface area contributed by atoms with Gasteiger partial charge in [0.1, 0.15) is 17.3 Å². The Morgan fingerprint density at radius 2 is 1.55 bits per heavy atom. The average Bonchev–Trinajstić information content (AvgIpc) is 2.55. The van der Waals surface area contributed by atoms with Crippen molar-refractivity contribution in [1.29, 1.82) is 0 Å². The lowest BCUT2D eigenvalue weighted by Gasteiger charge is -2.36. The second kappa shape index (κ2) is 5.87. The fourth-order valence-corrected chi connectivity index (χ4v) is 2.55. The molecular weight excluding hydrogens is 286 g/mol. The van der Waals surface area contributed by atoms with Crippen LogP contribution in [0.3, 0.4) is 0 Å². The number of rotatable bonds is 3. The first-order valence-corrected chi connectivity index (χ1v) is 7.30. The highest BCUT2D eigenvalue weighted by molar-refractivity contribution is 5.45.